The first-order chi connectivity index (χ1) is 24.9. The Morgan fingerprint density at radius 2 is 1.69 bits per heavy atom. The van der Waals surface area contributed by atoms with Crippen LogP contribution >= 0.6 is 0 Å². The summed E-state index contributed by atoms with van der Waals surface area (Å²) in [4.78, 5) is 71.6. The maximum atomic E-state index is 14.4. The van der Waals surface area contributed by atoms with Crippen molar-refractivity contribution in [1.82, 2.24) is 29.5 Å². The van der Waals surface area contributed by atoms with E-state index in [4.69, 9.17) is 9.47 Å². The van der Waals surface area contributed by atoms with Crippen LogP contribution in [-0.4, -0.2) is 109 Å². The van der Waals surface area contributed by atoms with E-state index in [1.54, 1.807) is 4.90 Å². The minimum Gasteiger partial charge on any atom is -0.446 e. The molecule has 3 N–H and O–H groups in total. The second-order valence-corrected chi connectivity index (χ2v) is 16.6. The van der Waals surface area contributed by atoms with Gasteiger partial charge in [0.1, 0.15) is 29.8 Å². The van der Waals surface area contributed by atoms with Crippen molar-refractivity contribution in [1.29, 1.82) is 0 Å². The number of amides is 5. The molecule has 2 aliphatic carbocycles. The summed E-state index contributed by atoms with van der Waals surface area (Å²) in [5.74, 6) is -2.57. The highest BCUT2D eigenvalue weighted by atomic mass is 32.2. The van der Waals surface area contributed by atoms with Crippen LogP contribution in [0.4, 0.5) is 9.59 Å². The molecule has 16 heteroatoms. The van der Waals surface area contributed by atoms with E-state index in [0.717, 1.165) is 54.0 Å². The lowest BCUT2D eigenvalue weighted by atomic mass is 10.0. The minimum atomic E-state index is -4.17. The van der Waals surface area contributed by atoms with Crippen molar-refractivity contribution in [3.63, 3.8) is 0 Å². The Bertz CT molecular complexity index is 1680. The maximum absolute atomic E-state index is 14.4. The molecule has 3 fully saturated rings. The molecule has 6 rings (SSSR count). The fraction of sp³-hybridized carbons (Fsp3) is 0.639. The van der Waals surface area contributed by atoms with Crippen molar-refractivity contribution in [2.75, 3.05) is 27.2 Å². The molecule has 2 saturated carbocycles. The number of hydrogen-bond donors (Lipinski definition) is 3. The minimum absolute atomic E-state index is 0.0544. The van der Waals surface area contributed by atoms with Crippen LogP contribution in [0.3, 0.4) is 0 Å². The van der Waals surface area contributed by atoms with E-state index in [9.17, 15) is 32.4 Å². The van der Waals surface area contributed by atoms with Gasteiger partial charge in [-0.2, -0.15) is 12.7 Å². The monoisotopic (exact) mass is 742 g/mol. The molecule has 0 bridgehead atoms. The summed E-state index contributed by atoms with van der Waals surface area (Å²) in [5, 5.41) is 5.56. The molecular weight excluding hydrogens is 692 g/mol. The summed E-state index contributed by atoms with van der Waals surface area (Å²) in [6.07, 6.45) is 8.76. The summed E-state index contributed by atoms with van der Waals surface area (Å²) in [6.45, 7) is 0.707. The molecule has 284 valence electrons. The molecule has 52 heavy (non-hydrogen) atoms. The molecule has 5 amide bonds. The van der Waals surface area contributed by atoms with Crippen LogP contribution in [0.2, 0.25) is 0 Å². The number of fused-ring (bicyclic) bond motifs is 3. The first kappa shape index (κ1) is 37.6. The molecule has 0 spiro atoms. The number of alkyl carbamates (subject to hydrolysis) is 1. The zero-order chi connectivity index (χ0) is 37.0. The van der Waals surface area contributed by atoms with Gasteiger partial charge in [-0.15, -0.1) is 0 Å². The topological polar surface area (TPSA) is 184 Å². The summed E-state index contributed by atoms with van der Waals surface area (Å²) in [5.41, 5.74) is 0.616. The number of ether oxygens (including phenoxy) is 2. The zero-order valence-electron chi connectivity index (χ0n) is 29.9. The van der Waals surface area contributed by atoms with E-state index in [1.165, 1.54) is 19.0 Å². The molecule has 1 saturated heterocycles. The molecule has 0 aromatic heterocycles. The standard InChI is InChI=1S/C36H50N6O9S/c1-40(2)52(48,49)39-33(45)36-21-26(36)14-6-4-3-5-7-17-29(37-34(46)50-27-15-10-11-16-27)32(44)42-23-28(20-30(42)31(43)38-36)51-35(47)41-19-18-24-12-8-9-13-25(24)22-41/h6,8-9,12-14,26-30H,3-5,7,10-11,15-23H2,1-2H3,(H,37,46)(H,38,43)(H,39,45)/b14-6-/t26-,28+,29-,30-,36+/m0/s1. The van der Waals surface area contributed by atoms with Crippen LogP contribution in [0.25, 0.3) is 0 Å². The van der Waals surface area contributed by atoms with Crippen LogP contribution in [-0.2, 0) is 47.0 Å². The van der Waals surface area contributed by atoms with E-state index in [2.05, 4.69) is 15.4 Å². The molecule has 1 aromatic carbocycles. The third-order valence-electron chi connectivity index (χ3n) is 10.9. The highest BCUT2D eigenvalue weighted by Crippen LogP contribution is 2.45. The lowest BCUT2D eigenvalue weighted by Crippen LogP contribution is -2.58. The van der Waals surface area contributed by atoms with Crippen molar-refractivity contribution in [3.05, 3.63) is 47.5 Å². The predicted octanol–water partition coefficient (Wildman–Crippen LogP) is 2.51. The van der Waals surface area contributed by atoms with Crippen LogP contribution < -0.4 is 15.4 Å². The summed E-state index contributed by atoms with van der Waals surface area (Å²) < 4.78 is 39.8. The van der Waals surface area contributed by atoms with Gasteiger partial charge in [0.2, 0.25) is 11.8 Å². The Balaban J connectivity index is 1.24. The summed E-state index contributed by atoms with van der Waals surface area (Å²) >= 11 is 0. The fourth-order valence-electron chi connectivity index (χ4n) is 7.67. The highest BCUT2D eigenvalue weighted by Gasteiger charge is 2.62. The van der Waals surface area contributed by atoms with Gasteiger partial charge in [0, 0.05) is 39.5 Å². The molecule has 0 unspecified atom stereocenters. The first-order valence-corrected chi connectivity index (χ1v) is 19.8. The lowest BCUT2D eigenvalue weighted by Gasteiger charge is -2.30. The predicted molar refractivity (Wildman–Crippen MR) is 189 cm³/mol. The van der Waals surface area contributed by atoms with Crippen molar-refractivity contribution in [3.8, 4) is 0 Å². The molecule has 3 heterocycles. The van der Waals surface area contributed by atoms with Gasteiger partial charge in [0.05, 0.1) is 6.54 Å². The number of hydrogen-bond acceptors (Lipinski definition) is 9. The van der Waals surface area contributed by atoms with Gasteiger partial charge in [0.25, 0.3) is 5.91 Å². The van der Waals surface area contributed by atoms with Crippen LogP contribution in [0.15, 0.2) is 36.4 Å². The van der Waals surface area contributed by atoms with Crippen LogP contribution in [0.5, 0.6) is 0 Å². The quantitative estimate of drug-likeness (QED) is 0.369. The van der Waals surface area contributed by atoms with Crippen molar-refractivity contribution in [2.45, 2.75) is 113 Å². The van der Waals surface area contributed by atoms with Crippen molar-refractivity contribution in [2.24, 2.45) is 5.92 Å². The van der Waals surface area contributed by atoms with Gasteiger partial charge in [-0.25, -0.2) is 14.3 Å². The number of allylic oxidation sites excluding steroid dienone is 1. The Labute approximate surface area is 305 Å². The van der Waals surface area contributed by atoms with Gasteiger partial charge in [-0.1, -0.05) is 49.3 Å². The van der Waals surface area contributed by atoms with Crippen molar-refractivity contribution < 1.29 is 41.9 Å². The van der Waals surface area contributed by atoms with E-state index in [0.29, 0.717) is 38.8 Å². The van der Waals surface area contributed by atoms with Crippen LogP contribution in [0.1, 0.15) is 81.8 Å². The number of nitrogens with zero attached hydrogens (tertiary/aromatic N) is 3. The SMILES string of the molecule is CN(C)S(=O)(=O)NC(=O)[C@@]12C[C@@H]1/C=C\CCCCC[C@H](NC(=O)OC1CCCC1)C(=O)N1C[C@H](OC(=O)N3CCc4ccccc4C3)C[C@H]1C(=O)N2. The third kappa shape index (κ3) is 8.54. The Kier molecular flexibility index (Phi) is 11.4. The van der Waals surface area contributed by atoms with Gasteiger partial charge in [-0.05, 0) is 68.9 Å². The molecular formula is C36H50N6O9S. The van der Waals surface area contributed by atoms with Gasteiger partial charge in [-0.3, -0.25) is 14.4 Å². The van der Waals surface area contributed by atoms with E-state index >= 15 is 0 Å². The number of rotatable bonds is 6. The average molecular weight is 743 g/mol. The lowest BCUT2D eigenvalue weighted by molar-refractivity contribution is -0.141. The molecule has 0 radical (unpaired) electrons. The Morgan fingerprint density at radius 3 is 2.44 bits per heavy atom. The smallest absolute Gasteiger partial charge is 0.410 e. The second-order valence-electron chi connectivity index (χ2n) is 14.8. The molecule has 15 nitrogen and oxygen atoms in total. The number of carbonyl (C=O) groups excluding carboxylic acids is 5. The normalized spacial score (nSPS) is 29.1. The molecule has 3 aliphatic heterocycles. The first-order valence-electron chi connectivity index (χ1n) is 18.4. The Morgan fingerprint density at radius 1 is 0.962 bits per heavy atom. The summed E-state index contributed by atoms with van der Waals surface area (Å²) in [6, 6.07) is 5.69. The molecule has 5 atom stereocenters. The molecule has 1 aromatic rings. The summed E-state index contributed by atoms with van der Waals surface area (Å²) in [7, 11) is -1.60. The van der Waals surface area contributed by atoms with E-state index < -0.39 is 69.8 Å². The maximum Gasteiger partial charge on any atom is 0.410 e. The van der Waals surface area contributed by atoms with Gasteiger partial charge >= 0.3 is 22.4 Å². The molecule has 5 aliphatic rings. The number of carbonyl (C=O) groups is 5. The number of nitrogens with one attached hydrogen (secondary N) is 3. The Hall–Kier alpha value is -4.18. The van der Waals surface area contributed by atoms with Gasteiger partial charge in [0.15, 0.2) is 0 Å². The van der Waals surface area contributed by atoms with E-state index in [-0.39, 0.29) is 25.5 Å². The van der Waals surface area contributed by atoms with E-state index in [1.807, 2.05) is 36.4 Å². The van der Waals surface area contributed by atoms with Crippen molar-refractivity contribution >= 4 is 40.1 Å². The zero-order valence-corrected chi connectivity index (χ0v) is 30.7. The van der Waals surface area contributed by atoms with Crippen LogP contribution in [0, 0.1) is 5.92 Å². The third-order valence-corrected chi connectivity index (χ3v) is 12.3. The average Bonchev–Trinajstić information content (AvgIpc) is 3.38. The highest BCUT2D eigenvalue weighted by molar-refractivity contribution is 7.87. The largest absolute Gasteiger partial charge is 0.446 e. The van der Waals surface area contributed by atoms with Gasteiger partial charge < -0.3 is 29.9 Å². The second kappa shape index (κ2) is 15.8. The fourth-order valence-corrected chi connectivity index (χ4v) is 8.27. The number of benzene rings is 1.